The highest BCUT2D eigenvalue weighted by atomic mass is 32.2. The molecule has 34 heavy (non-hydrogen) atoms. The number of rotatable bonds is 8. The molecule has 1 aromatic carbocycles. The van der Waals surface area contributed by atoms with E-state index in [1.165, 1.54) is 0 Å². The number of hydrogen-bond donors (Lipinski definition) is 2. The van der Waals surface area contributed by atoms with Gasteiger partial charge in [0.25, 0.3) is 0 Å². The normalized spacial score (nSPS) is 13.3. The van der Waals surface area contributed by atoms with Crippen molar-refractivity contribution < 1.29 is 18.3 Å². The predicted molar refractivity (Wildman–Crippen MR) is 134 cm³/mol. The van der Waals surface area contributed by atoms with Crippen LogP contribution >= 0.6 is 0 Å². The average molecular weight is 481 g/mol. The second-order valence-corrected chi connectivity index (χ2v) is 9.56. The lowest BCUT2D eigenvalue weighted by Crippen LogP contribution is -2.22. The maximum atomic E-state index is 12.4. The summed E-state index contributed by atoms with van der Waals surface area (Å²) in [5, 5.41) is 7.71. The maximum absolute atomic E-state index is 12.4. The fraction of sp³-hybridized carbons (Fsp3) is 0.240. The molecule has 2 heterocycles. The summed E-state index contributed by atoms with van der Waals surface area (Å²) in [5.74, 6) is 0.820. The molecule has 1 amide bonds. The first kappa shape index (κ1) is 25.1. The summed E-state index contributed by atoms with van der Waals surface area (Å²) in [7, 11) is 0. The highest BCUT2D eigenvalue weighted by Crippen LogP contribution is 2.27. The van der Waals surface area contributed by atoms with Crippen LogP contribution in [0.1, 0.15) is 34.1 Å². The Morgan fingerprint density at radius 1 is 1.29 bits per heavy atom. The summed E-state index contributed by atoms with van der Waals surface area (Å²) in [4.78, 5) is 16.9. The van der Waals surface area contributed by atoms with Gasteiger partial charge in [-0.05, 0) is 69.7 Å². The minimum Gasteiger partial charge on any atom is -0.457 e. The molecule has 0 aliphatic carbocycles. The van der Waals surface area contributed by atoms with Gasteiger partial charge < -0.3 is 14.6 Å². The molecule has 0 saturated carbocycles. The van der Waals surface area contributed by atoms with E-state index in [1.54, 1.807) is 65.8 Å². The number of benzene rings is 1. The van der Waals surface area contributed by atoms with E-state index < -0.39 is 11.1 Å². The largest absolute Gasteiger partial charge is 0.457 e. The number of carbonyl (C=O) groups excluding carboxylic acids is 1. The quantitative estimate of drug-likeness (QED) is 0.261. The van der Waals surface area contributed by atoms with Crippen molar-refractivity contribution in [3.05, 3.63) is 79.0 Å². The maximum Gasteiger partial charge on any atom is 0.228 e. The Bertz CT molecular complexity index is 1300. The molecule has 2 aromatic heterocycles. The monoisotopic (exact) mass is 480 g/mol. The van der Waals surface area contributed by atoms with Gasteiger partial charge in [-0.1, -0.05) is 12.7 Å². The van der Waals surface area contributed by atoms with Crippen molar-refractivity contribution in [2.24, 2.45) is 0 Å². The molecule has 0 fully saturated rings. The Morgan fingerprint density at radius 3 is 2.71 bits per heavy atom. The first-order valence-corrected chi connectivity index (χ1v) is 11.7. The van der Waals surface area contributed by atoms with Gasteiger partial charge >= 0.3 is 0 Å². The number of amides is 1. The second-order valence-electron chi connectivity index (χ2n) is 8.59. The van der Waals surface area contributed by atoms with E-state index in [4.69, 9.17) is 4.74 Å². The number of anilines is 1. The number of nitrogens with zero attached hydrogens (tertiary/aromatic N) is 3. The smallest absolute Gasteiger partial charge is 0.228 e. The molecule has 8 nitrogen and oxygen atoms in total. The van der Waals surface area contributed by atoms with E-state index >= 15 is 0 Å². The van der Waals surface area contributed by atoms with Crippen LogP contribution in [-0.2, 0) is 21.4 Å². The molecule has 178 valence electrons. The van der Waals surface area contributed by atoms with Crippen molar-refractivity contribution in [1.82, 2.24) is 14.8 Å². The van der Waals surface area contributed by atoms with Crippen molar-refractivity contribution in [3.63, 3.8) is 0 Å². The molecular formula is C25H28N4O4S. The molecule has 1 unspecified atom stereocenters. The van der Waals surface area contributed by atoms with E-state index in [0.29, 0.717) is 33.7 Å². The number of hydrogen-bond acceptors (Lipinski definition) is 5. The zero-order valence-corrected chi connectivity index (χ0v) is 20.4. The Kier molecular flexibility index (Phi) is 7.80. The number of fused-ring (bicyclic) bond motifs is 1. The number of ether oxygens (including phenoxy) is 1. The highest BCUT2D eigenvalue weighted by Gasteiger charge is 2.15. The van der Waals surface area contributed by atoms with E-state index in [2.05, 4.69) is 22.0 Å². The lowest BCUT2D eigenvalue weighted by molar-refractivity contribution is -0.115. The summed E-state index contributed by atoms with van der Waals surface area (Å²) in [5.41, 5.74) is 1.69. The van der Waals surface area contributed by atoms with Crippen LogP contribution in [-0.4, -0.2) is 29.4 Å². The van der Waals surface area contributed by atoms with Gasteiger partial charge in [0.2, 0.25) is 5.91 Å². The van der Waals surface area contributed by atoms with Crippen LogP contribution < -0.4 is 10.1 Å². The number of pyridine rings is 1. The zero-order valence-electron chi connectivity index (χ0n) is 19.6. The molecule has 3 aromatic rings. The fourth-order valence-corrected chi connectivity index (χ4v) is 3.44. The highest BCUT2D eigenvalue weighted by molar-refractivity contribution is 7.79. The lowest BCUT2D eigenvalue weighted by atomic mass is 10.1. The van der Waals surface area contributed by atoms with Gasteiger partial charge in [-0.2, -0.15) is 5.10 Å². The Hall–Kier alpha value is -3.56. The standard InChI is InChI=1S/C25H28N4O4S/c1-6-19(33-23-11-12-26-22-10-9-20(34(31)32)14-21(22)23)8-7-17(2)13-24(30)28-18-15-27-29(16-18)25(3,4)5/h6-12,14-16H,2,13H2,1,3-5H3,(H,28,30)(H,31,32)/b8-7-,19-6+. The Balaban J connectivity index is 1.64. The Morgan fingerprint density at radius 2 is 2.06 bits per heavy atom. The molecule has 0 bridgehead atoms. The molecule has 2 N–H and O–H groups in total. The molecule has 0 aliphatic heterocycles. The van der Waals surface area contributed by atoms with Gasteiger partial charge in [0.1, 0.15) is 11.5 Å². The van der Waals surface area contributed by atoms with Crippen LogP contribution in [0.5, 0.6) is 5.75 Å². The van der Waals surface area contributed by atoms with E-state index in [9.17, 15) is 13.6 Å². The average Bonchev–Trinajstić information content (AvgIpc) is 3.25. The van der Waals surface area contributed by atoms with Crippen molar-refractivity contribution in [1.29, 1.82) is 0 Å². The van der Waals surface area contributed by atoms with Crippen LogP contribution in [0.15, 0.2) is 83.9 Å². The van der Waals surface area contributed by atoms with Crippen LogP contribution in [0.4, 0.5) is 5.69 Å². The molecule has 0 spiro atoms. The van der Waals surface area contributed by atoms with Crippen molar-refractivity contribution in [3.8, 4) is 5.75 Å². The third kappa shape index (κ3) is 6.49. The summed E-state index contributed by atoms with van der Waals surface area (Å²) in [6.07, 6.45) is 10.3. The van der Waals surface area contributed by atoms with Gasteiger partial charge in [-0.15, -0.1) is 0 Å². The van der Waals surface area contributed by atoms with Crippen molar-refractivity contribution in [2.75, 3.05) is 5.32 Å². The first-order valence-electron chi connectivity index (χ1n) is 10.6. The van der Waals surface area contributed by atoms with Crippen molar-refractivity contribution >= 4 is 33.6 Å². The van der Waals surface area contributed by atoms with Gasteiger partial charge in [0.15, 0.2) is 11.1 Å². The third-order valence-corrected chi connectivity index (χ3v) is 5.47. The zero-order chi connectivity index (χ0) is 24.9. The van der Waals surface area contributed by atoms with Gasteiger partial charge in [0.05, 0.1) is 34.3 Å². The summed E-state index contributed by atoms with van der Waals surface area (Å²) in [6.45, 7) is 11.9. The molecule has 3 rings (SSSR count). The summed E-state index contributed by atoms with van der Waals surface area (Å²) < 4.78 is 28.6. The Labute approximate surface area is 201 Å². The SMILES string of the molecule is C=C(/C=C\C(=C/C)Oc1ccnc2ccc(S(=O)O)cc12)CC(=O)Nc1cnn(C(C)(C)C)c1. The van der Waals surface area contributed by atoms with E-state index in [0.717, 1.165) is 0 Å². The number of nitrogens with one attached hydrogen (secondary N) is 1. The lowest BCUT2D eigenvalue weighted by Gasteiger charge is -2.18. The van der Waals surface area contributed by atoms with Gasteiger partial charge in [-0.3, -0.25) is 14.5 Å². The van der Waals surface area contributed by atoms with Crippen LogP contribution in [0.3, 0.4) is 0 Å². The minimum atomic E-state index is -2.11. The van der Waals surface area contributed by atoms with E-state index in [1.807, 2.05) is 27.7 Å². The molecule has 0 saturated heterocycles. The molecular weight excluding hydrogens is 452 g/mol. The predicted octanol–water partition coefficient (Wildman–Crippen LogP) is 5.19. The minimum absolute atomic E-state index is 0.109. The number of aromatic nitrogens is 3. The fourth-order valence-electron chi connectivity index (χ4n) is 3.04. The first-order chi connectivity index (χ1) is 16.1. The van der Waals surface area contributed by atoms with Crippen molar-refractivity contribution in [2.45, 2.75) is 44.6 Å². The van der Waals surface area contributed by atoms with Crippen LogP contribution in [0.2, 0.25) is 0 Å². The van der Waals surface area contributed by atoms with Crippen LogP contribution in [0.25, 0.3) is 10.9 Å². The molecule has 0 aliphatic rings. The van der Waals surface area contributed by atoms with Crippen LogP contribution in [0, 0.1) is 0 Å². The molecule has 9 heteroatoms. The van der Waals surface area contributed by atoms with Gasteiger partial charge in [0, 0.05) is 17.8 Å². The topological polar surface area (TPSA) is 106 Å². The third-order valence-electron chi connectivity index (χ3n) is 4.81. The second kappa shape index (κ2) is 10.6. The number of allylic oxidation sites excluding steroid dienone is 3. The molecule has 0 radical (unpaired) electrons. The summed E-state index contributed by atoms with van der Waals surface area (Å²) in [6, 6.07) is 6.48. The number of carbonyl (C=O) groups is 1. The summed E-state index contributed by atoms with van der Waals surface area (Å²) >= 11 is -2.11. The van der Waals surface area contributed by atoms with E-state index in [-0.39, 0.29) is 22.8 Å². The molecule has 1 atom stereocenters. The van der Waals surface area contributed by atoms with Gasteiger partial charge in [-0.25, -0.2) is 4.21 Å².